The van der Waals surface area contributed by atoms with Crippen LogP contribution in [-0.2, 0) is 18.8 Å². The number of aromatic nitrogens is 2. The van der Waals surface area contributed by atoms with Crippen molar-refractivity contribution in [1.82, 2.24) is 9.89 Å². The molecule has 0 spiro atoms. The van der Waals surface area contributed by atoms with Crippen molar-refractivity contribution in [3.8, 4) is 0 Å². The average Bonchev–Trinajstić information content (AvgIpc) is 3.09. The van der Waals surface area contributed by atoms with Gasteiger partial charge in [-0.05, 0) is 67.7 Å². The number of carbonyl (C=O) groups is 1. The van der Waals surface area contributed by atoms with Gasteiger partial charge in [0.2, 0.25) is 0 Å². The van der Waals surface area contributed by atoms with E-state index in [1.54, 1.807) is 11.0 Å². The van der Waals surface area contributed by atoms with E-state index >= 15 is 0 Å². The number of hydrogen-bond acceptors (Lipinski definition) is 6. The van der Waals surface area contributed by atoms with Crippen LogP contribution < -0.4 is 10.5 Å². The molecule has 150 valence electrons. The van der Waals surface area contributed by atoms with Crippen molar-refractivity contribution < 1.29 is 18.8 Å². The molecule has 0 saturated carbocycles. The summed E-state index contributed by atoms with van der Waals surface area (Å²) in [6.07, 6.45) is 6.44. The maximum atomic E-state index is 12.7. The molecule has 0 N–H and O–H groups in total. The van der Waals surface area contributed by atoms with Crippen LogP contribution in [0.15, 0.2) is 12.4 Å². The fraction of sp³-hybridized carbons (Fsp3) is 0.789. The number of ether oxygens (including phenoxy) is 1. The number of piperidine rings is 1. The summed E-state index contributed by atoms with van der Waals surface area (Å²) in [5.41, 5.74) is -0.450. The van der Waals surface area contributed by atoms with Gasteiger partial charge in [0.05, 0.1) is 17.4 Å². The Kier molecular flexibility index (Phi) is 5.10. The van der Waals surface area contributed by atoms with E-state index in [0.29, 0.717) is 0 Å². The molecule has 0 radical (unpaired) electrons. The van der Waals surface area contributed by atoms with Crippen LogP contribution in [0.3, 0.4) is 0 Å². The van der Waals surface area contributed by atoms with Crippen LogP contribution >= 0.6 is 0 Å². The topological polar surface area (TPSA) is 65.8 Å². The highest BCUT2D eigenvalue weighted by molar-refractivity contribution is 6.62. The quantitative estimate of drug-likeness (QED) is 0.593. The van der Waals surface area contributed by atoms with Crippen molar-refractivity contribution in [2.24, 2.45) is 0 Å². The lowest BCUT2D eigenvalue weighted by Gasteiger charge is -2.36. The summed E-state index contributed by atoms with van der Waals surface area (Å²) < 4.78 is 17.8. The molecule has 2 aliphatic rings. The van der Waals surface area contributed by atoms with Crippen LogP contribution in [0, 0.1) is 0 Å². The Bertz CT molecular complexity index is 679. The second-order valence-corrected chi connectivity index (χ2v) is 9.49. The molecule has 1 aromatic rings. The van der Waals surface area contributed by atoms with Crippen LogP contribution in [0.5, 0.6) is 0 Å². The largest absolute Gasteiger partial charge is 0.498 e. The van der Waals surface area contributed by atoms with E-state index in [1.165, 1.54) is 0 Å². The minimum absolute atomic E-state index is 0.199. The lowest BCUT2D eigenvalue weighted by atomic mass is 9.82. The fourth-order valence-corrected chi connectivity index (χ4v) is 3.34. The molecule has 3 rings (SSSR count). The van der Waals surface area contributed by atoms with E-state index in [0.717, 1.165) is 31.3 Å². The van der Waals surface area contributed by atoms with Gasteiger partial charge in [-0.25, -0.2) is 4.79 Å². The van der Waals surface area contributed by atoms with Crippen LogP contribution in [0.1, 0.15) is 67.7 Å². The molecule has 0 aliphatic carbocycles. The molecular formula is C19H32BN3O4. The van der Waals surface area contributed by atoms with Gasteiger partial charge in [-0.15, -0.1) is 0 Å². The Morgan fingerprint density at radius 2 is 1.85 bits per heavy atom. The first-order chi connectivity index (χ1) is 12.4. The van der Waals surface area contributed by atoms with Crippen molar-refractivity contribution >= 4 is 18.6 Å². The highest BCUT2D eigenvalue weighted by atomic mass is 16.7. The van der Waals surface area contributed by atoms with Crippen molar-refractivity contribution in [1.29, 1.82) is 0 Å². The molecule has 27 heavy (non-hydrogen) atoms. The highest BCUT2D eigenvalue weighted by Gasteiger charge is 2.52. The molecule has 1 aromatic heterocycles. The van der Waals surface area contributed by atoms with Gasteiger partial charge in [-0.1, -0.05) is 0 Å². The van der Waals surface area contributed by atoms with E-state index in [-0.39, 0.29) is 12.0 Å². The molecule has 8 heteroatoms. The summed E-state index contributed by atoms with van der Waals surface area (Å²) in [5.74, 6) is -0.199. The van der Waals surface area contributed by atoms with Crippen LogP contribution in [0.2, 0.25) is 0 Å². The monoisotopic (exact) mass is 377 g/mol. The van der Waals surface area contributed by atoms with E-state index in [9.17, 15) is 4.79 Å². The lowest BCUT2D eigenvalue weighted by Crippen LogP contribution is -2.53. The van der Waals surface area contributed by atoms with Crippen LogP contribution in [-0.4, -0.2) is 52.4 Å². The lowest BCUT2D eigenvalue weighted by molar-refractivity contribution is -0.157. The van der Waals surface area contributed by atoms with Gasteiger partial charge in [0.15, 0.2) is 0 Å². The predicted octanol–water partition coefficient (Wildman–Crippen LogP) is 2.01. The Morgan fingerprint density at radius 1 is 1.22 bits per heavy atom. The van der Waals surface area contributed by atoms with Gasteiger partial charge in [0.1, 0.15) is 11.6 Å². The van der Waals surface area contributed by atoms with E-state index < -0.39 is 23.9 Å². The number of esters is 1. The molecule has 2 saturated heterocycles. The van der Waals surface area contributed by atoms with Crippen molar-refractivity contribution in [2.75, 3.05) is 11.6 Å². The molecule has 2 aliphatic heterocycles. The smallest absolute Gasteiger partial charge is 0.458 e. The molecule has 0 aromatic carbocycles. The van der Waals surface area contributed by atoms with Crippen molar-refractivity contribution in [3.63, 3.8) is 0 Å². The molecule has 0 bridgehead atoms. The van der Waals surface area contributed by atoms with Crippen LogP contribution in [0.4, 0.5) is 0 Å². The maximum Gasteiger partial charge on any atom is 0.498 e. The van der Waals surface area contributed by atoms with E-state index in [4.69, 9.17) is 14.0 Å². The normalized spacial score (nSPS) is 24.9. The number of nitrogens with zero attached hydrogens (tertiary/aromatic N) is 3. The standard InChI is InChI=1S/C19H32BN3O4/c1-17(2,3)25-16(24)15-10-8-9-11-22(15)23-13-14(12-21-23)20-26-18(4,5)19(6,7)27-20/h12-13,15H,8-11H2,1-7H3. The predicted molar refractivity (Wildman–Crippen MR) is 105 cm³/mol. The van der Waals surface area contributed by atoms with E-state index in [1.807, 2.05) is 59.7 Å². The van der Waals surface area contributed by atoms with Crippen molar-refractivity contribution in [3.05, 3.63) is 12.4 Å². The zero-order chi connectivity index (χ0) is 20.0. The number of rotatable bonds is 3. The van der Waals surface area contributed by atoms with Gasteiger partial charge < -0.3 is 14.0 Å². The summed E-state index contributed by atoms with van der Waals surface area (Å²) in [6, 6.07) is -0.330. The van der Waals surface area contributed by atoms with Crippen LogP contribution in [0.25, 0.3) is 0 Å². The Balaban J connectivity index is 1.77. The van der Waals surface area contributed by atoms with Gasteiger partial charge in [-0.3, -0.25) is 5.01 Å². The molecule has 2 fully saturated rings. The molecule has 0 amide bonds. The summed E-state index contributed by atoms with van der Waals surface area (Å²) in [6.45, 7) is 14.5. The SMILES string of the molecule is CC(C)(C)OC(=O)C1CCCCN1n1cc(B2OC(C)(C)C(C)(C)O2)cn1. The average molecular weight is 377 g/mol. The summed E-state index contributed by atoms with van der Waals surface area (Å²) in [4.78, 5) is 14.4. The van der Waals surface area contributed by atoms with Crippen molar-refractivity contribution in [2.45, 2.75) is 90.6 Å². The first-order valence-electron chi connectivity index (χ1n) is 9.80. The molecule has 1 atom stereocenters. The summed E-state index contributed by atoms with van der Waals surface area (Å²) in [5, 5.41) is 6.46. The third-order valence-electron chi connectivity index (χ3n) is 5.53. The second kappa shape index (κ2) is 6.81. The first kappa shape index (κ1) is 20.2. The second-order valence-electron chi connectivity index (χ2n) is 9.49. The third kappa shape index (κ3) is 4.16. The Morgan fingerprint density at radius 3 is 2.44 bits per heavy atom. The molecular weight excluding hydrogens is 345 g/mol. The molecule has 1 unspecified atom stereocenters. The third-order valence-corrected chi connectivity index (χ3v) is 5.53. The highest BCUT2D eigenvalue weighted by Crippen LogP contribution is 2.36. The zero-order valence-corrected chi connectivity index (χ0v) is 17.6. The fourth-order valence-electron chi connectivity index (χ4n) is 3.34. The Hall–Kier alpha value is -1.54. The zero-order valence-electron chi connectivity index (χ0n) is 17.6. The minimum atomic E-state index is -0.502. The summed E-state index contributed by atoms with van der Waals surface area (Å²) >= 11 is 0. The van der Waals surface area contributed by atoms with Gasteiger partial charge in [0.25, 0.3) is 0 Å². The van der Waals surface area contributed by atoms with Gasteiger partial charge >= 0.3 is 13.1 Å². The first-order valence-corrected chi connectivity index (χ1v) is 9.80. The van der Waals surface area contributed by atoms with E-state index in [2.05, 4.69) is 5.10 Å². The minimum Gasteiger partial charge on any atom is -0.458 e. The maximum absolute atomic E-state index is 12.7. The Labute approximate surface area is 162 Å². The molecule has 7 nitrogen and oxygen atoms in total. The van der Waals surface area contributed by atoms with Gasteiger partial charge in [-0.2, -0.15) is 9.89 Å². The number of carbonyl (C=O) groups excluding carboxylic acids is 1. The van der Waals surface area contributed by atoms with Gasteiger partial charge in [0, 0.05) is 18.2 Å². The summed E-state index contributed by atoms with van der Waals surface area (Å²) in [7, 11) is -0.464. The molecule has 3 heterocycles. The number of hydrogen-bond donors (Lipinski definition) is 0.